The number of nitrogens with one attached hydrogen (secondary N) is 2. The van der Waals surface area contributed by atoms with Crippen LogP contribution in [-0.2, 0) is 14.3 Å². The van der Waals surface area contributed by atoms with E-state index in [2.05, 4.69) is 24.1 Å². The lowest BCUT2D eigenvalue weighted by molar-refractivity contribution is -0.140. The van der Waals surface area contributed by atoms with E-state index in [-0.39, 0.29) is 24.4 Å². The van der Waals surface area contributed by atoms with Crippen LogP contribution in [0.25, 0.3) is 6.08 Å². The Morgan fingerprint density at radius 1 is 1.17 bits per heavy atom. The maximum absolute atomic E-state index is 13.7. The van der Waals surface area contributed by atoms with E-state index >= 15 is 0 Å². The Hall–Kier alpha value is -2.83. The van der Waals surface area contributed by atoms with Gasteiger partial charge in [0.2, 0.25) is 11.8 Å². The Balaban J connectivity index is 2.31. The smallest absolute Gasteiger partial charge is 0.408 e. The fourth-order valence-corrected chi connectivity index (χ4v) is 4.35. The van der Waals surface area contributed by atoms with Gasteiger partial charge in [0, 0.05) is 12.6 Å². The van der Waals surface area contributed by atoms with Crippen LogP contribution in [0.4, 0.5) is 4.79 Å². The highest BCUT2D eigenvalue weighted by Gasteiger charge is 2.33. The monoisotopic (exact) mass is 485 g/mol. The van der Waals surface area contributed by atoms with E-state index < -0.39 is 17.7 Å². The van der Waals surface area contributed by atoms with Gasteiger partial charge in [0.05, 0.1) is 0 Å². The number of nitrogens with zero attached hydrogens (tertiary/aromatic N) is 1. The molecule has 1 unspecified atom stereocenters. The van der Waals surface area contributed by atoms with Gasteiger partial charge in [0.15, 0.2) is 0 Å². The van der Waals surface area contributed by atoms with Crippen LogP contribution in [0.5, 0.6) is 0 Å². The van der Waals surface area contributed by atoms with Crippen LogP contribution in [0.15, 0.2) is 30.8 Å². The van der Waals surface area contributed by atoms with Gasteiger partial charge < -0.3 is 20.3 Å². The Kier molecular flexibility index (Phi) is 11.3. The summed E-state index contributed by atoms with van der Waals surface area (Å²) in [4.78, 5) is 40.9. The molecule has 194 valence electrons. The number of ether oxygens (including phenoxy) is 1. The highest BCUT2D eigenvalue weighted by molar-refractivity contribution is 5.90. The van der Waals surface area contributed by atoms with Crippen LogP contribution in [0.1, 0.15) is 96.2 Å². The first-order valence-electron chi connectivity index (χ1n) is 12.9. The summed E-state index contributed by atoms with van der Waals surface area (Å²) < 4.78 is 5.28. The number of alkyl carbamates (subject to hydrolysis) is 1. The van der Waals surface area contributed by atoms with Crippen molar-refractivity contribution >= 4 is 24.0 Å². The van der Waals surface area contributed by atoms with Gasteiger partial charge in [-0.3, -0.25) is 9.59 Å². The maximum Gasteiger partial charge on any atom is 0.408 e. The van der Waals surface area contributed by atoms with Crippen LogP contribution in [0, 0.1) is 0 Å². The standard InChI is InChI=1S/C28H43N3O4/c1-6-8-12-18-31(24(32)20-29-27(34)35-28(3,4)5)25(22-15-13-14-21(7-2)19-22)26(33)30-23-16-10-9-11-17-23/h7,13-15,19,23,25H,2,6,8-12,16-18,20H2,1,3-5H3,(H,29,34)(H,30,33). The van der Waals surface area contributed by atoms with Crippen molar-refractivity contribution in [3.05, 3.63) is 42.0 Å². The van der Waals surface area contributed by atoms with E-state index in [1.54, 1.807) is 31.7 Å². The third-order valence-electron chi connectivity index (χ3n) is 6.08. The molecule has 2 rings (SSSR count). The molecule has 0 spiro atoms. The Morgan fingerprint density at radius 2 is 1.89 bits per heavy atom. The zero-order valence-corrected chi connectivity index (χ0v) is 21.9. The van der Waals surface area contributed by atoms with Crippen molar-refractivity contribution in [3.63, 3.8) is 0 Å². The maximum atomic E-state index is 13.7. The van der Waals surface area contributed by atoms with Crippen molar-refractivity contribution in [3.8, 4) is 0 Å². The van der Waals surface area contributed by atoms with Gasteiger partial charge >= 0.3 is 6.09 Å². The molecule has 1 aliphatic rings. The van der Waals surface area contributed by atoms with E-state index in [0.717, 1.165) is 56.1 Å². The summed E-state index contributed by atoms with van der Waals surface area (Å²) in [6.45, 7) is 11.4. The first-order valence-corrected chi connectivity index (χ1v) is 12.9. The fourth-order valence-electron chi connectivity index (χ4n) is 4.35. The zero-order chi connectivity index (χ0) is 25.8. The van der Waals surface area contributed by atoms with Gasteiger partial charge in [-0.05, 0) is 57.2 Å². The van der Waals surface area contributed by atoms with Crippen LogP contribution in [-0.4, -0.2) is 47.5 Å². The molecule has 0 heterocycles. The van der Waals surface area contributed by atoms with Crippen LogP contribution in [0.2, 0.25) is 0 Å². The number of carbonyl (C=O) groups is 3. The van der Waals surface area contributed by atoms with Crippen molar-refractivity contribution < 1.29 is 19.1 Å². The molecule has 2 N–H and O–H groups in total. The van der Waals surface area contributed by atoms with E-state index in [0.29, 0.717) is 6.54 Å². The number of benzene rings is 1. The van der Waals surface area contributed by atoms with Crippen molar-refractivity contribution in [2.24, 2.45) is 0 Å². The van der Waals surface area contributed by atoms with Gasteiger partial charge in [-0.15, -0.1) is 0 Å². The molecule has 1 saturated carbocycles. The van der Waals surface area contributed by atoms with E-state index in [1.807, 2.05) is 24.3 Å². The number of hydrogen-bond acceptors (Lipinski definition) is 4. The zero-order valence-electron chi connectivity index (χ0n) is 21.9. The van der Waals surface area contributed by atoms with Crippen molar-refractivity contribution in [2.45, 2.75) is 96.7 Å². The largest absolute Gasteiger partial charge is 0.444 e. The topological polar surface area (TPSA) is 87.7 Å². The van der Waals surface area contributed by atoms with E-state index in [1.165, 1.54) is 6.42 Å². The lowest BCUT2D eigenvalue weighted by Gasteiger charge is -2.34. The summed E-state index contributed by atoms with van der Waals surface area (Å²) in [5.41, 5.74) is 0.949. The van der Waals surface area contributed by atoms with Gasteiger partial charge in [-0.25, -0.2) is 4.79 Å². The van der Waals surface area contributed by atoms with Gasteiger partial charge in [0.25, 0.3) is 0 Å². The molecule has 1 atom stereocenters. The number of hydrogen-bond donors (Lipinski definition) is 2. The van der Waals surface area contributed by atoms with Crippen molar-refractivity contribution in [1.82, 2.24) is 15.5 Å². The number of amides is 3. The summed E-state index contributed by atoms with van der Waals surface area (Å²) >= 11 is 0. The molecule has 0 bridgehead atoms. The minimum Gasteiger partial charge on any atom is -0.444 e. The summed E-state index contributed by atoms with van der Waals surface area (Å²) in [6.07, 6.45) is 9.06. The number of rotatable bonds is 11. The van der Waals surface area contributed by atoms with Crippen molar-refractivity contribution in [2.75, 3.05) is 13.1 Å². The molecule has 7 heteroatoms. The molecular weight excluding hydrogens is 442 g/mol. The average molecular weight is 486 g/mol. The summed E-state index contributed by atoms with van der Waals surface area (Å²) in [7, 11) is 0. The molecule has 3 amide bonds. The predicted octanol–water partition coefficient (Wildman–Crippen LogP) is 5.36. The molecule has 0 aromatic heterocycles. The van der Waals surface area contributed by atoms with Gasteiger partial charge in [-0.1, -0.05) is 69.9 Å². The second kappa shape index (κ2) is 13.9. The number of unbranched alkanes of at least 4 members (excludes halogenated alkanes) is 2. The average Bonchev–Trinajstić information content (AvgIpc) is 2.81. The first kappa shape index (κ1) is 28.4. The normalized spacial score (nSPS) is 15.1. The molecular formula is C28H43N3O4. The molecule has 1 aromatic carbocycles. The lowest BCUT2D eigenvalue weighted by Crippen LogP contribution is -2.50. The molecule has 1 aromatic rings. The molecule has 0 saturated heterocycles. The Morgan fingerprint density at radius 3 is 2.51 bits per heavy atom. The molecule has 35 heavy (non-hydrogen) atoms. The Bertz CT molecular complexity index is 856. The third kappa shape index (κ3) is 9.74. The summed E-state index contributed by atoms with van der Waals surface area (Å²) in [5.74, 6) is -0.500. The summed E-state index contributed by atoms with van der Waals surface area (Å²) in [6, 6.07) is 6.90. The third-order valence-corrected chi connectivity index (χ3v) is 6.08. The molecule has 0 radical (unpaired) electrons. The van der Waals surface area contributed by atoms with E-state index in [9.17, 15) is 14.4 Å². The van der Waals surface area contributed by atoms with Crippen molar-refractivity contribution in [1.29, 1.82) is 0 Å². The molecule has 0 aliphatic heterocycles. The quantitative estimate of drug-likeness (QED) is 0.413. The van der Waals surface area contributed by atoms with Crippen LogP contribution < -0.4 is 10.6 Å². The highest BCUT2D eigenvalue weighted by atomic mass is 16.6. The minimum atomic E-state index is -0.790. The second-order valence-corrected chi connectivity index (χ2v) is 10.3. The van der Waals surface area contributed by atoms with Gasteiger partial charge in [0.1, 0.15) is 18.2 Å². The van der Waals surface area contributed by atoms with Crippen LogP contribution in [0.3, 0.4) is 0 Å². The highest BCUT2D eigenvalue weighted by Crippen LogP contribution is 2.26. The molecule has 1 fully saturated rings. The number of carbonyl (C=O) groups excluding carboxylic acids is 3. The van der Waals surface area contributed by atoms with E-state index in [4.69, 9.17) is 4.74 Å². The van der Waals surface area contributed by atoms with Crippen LogP contribution >= 0.6 is 0 Å². The summed E-state index contributed by atoms with van der Waals surface area (Å²) in [5, 5.41) is 5.76. The predicted molar refractivity (Wildman–Crippen MR) is 140 cm³/mol. The molecule has 1 aliphatic carbocycles. The first-order chi connectivity index (χ1) is 16.6. The molecule has 7 nitrogen and oxygen atoms in total. The lowest BCUT2D eigenvalue weighted by atomic mass is 9.94. The minimum absolute atomic E-state index is 0.119. The Labute approximate surface area is 210 Å². The fraction of sp³-hybridized carbons (Fsp3) is 0.607. The van der Waals surface area contributed by atoms with Gasteiger partial charge in [-0.2, -0.15) is 0 Å². The second-order valence-electron chi connectivity index (χ2n) is 10.3. The SMILES string of the molecule is C=Cc1cccc(C(C(=O)NC2CCCCC2)N(CCCCC)C(=O)CNC(=O)OC(C)(C)C)c1.